The van der Waals surface area contributed by atoms with E-state index in [1.54, 1.807) is 12.4 Å². The van der Waals surface area contributed by atoms with Crippen LogP contribution < -0.4 is 11.1 Å². The van der Waals surface area contributed by atoms with Gasteiger partial charge < -0.3 is 11.1 Å². The highest BCUT2D eigenvalue weighted by Crippen LogP contribution is 2.05. The Labute approximate surface area is 97.8 Å². The van der Waals surface area contributed by atoms with Crippen LogP contribution in [0.4, 0.5) is 5.95 Å². The SMILES string of the molecule is CC(CCN)CNc1ncc(I)cn1. The maximum absolute atomic E-state index is 5.46. The van der Waals surface area contributed by atoms with E-state index in [1.807, 2.05) is 0 Å². The largest absolute Gasteiger partial charge is 0.354 e. The van der Waals surface area contributed by atoms with E-state index in [0.29, 0.717) is 11.9 Å². The minimum atomic E-state index is 0.558. The van der Waals surface area contributed by atoms with Gasteiger partial charge in [-0.05, 0) is 41.5 Å². The number of nitrogens with one attached hydrogen (secondary N) is 1. The molecule has 0 aliphatic heterocycles. The van der Waals surface area contributed by atoms with Gasteiger partial charge in [0.25, 0.3) is 0 Å². The fourth-order valence-electron chi connectivity index (χ4n) is 1.06. The molecule has 4 nitrogen and oxygen atoms in total. The van der Waals surface area contributed by atoms with Crippen LogP contribution in [0.2, 0.25) is 0 Å². The minimum Gasteiger partial charge on any atom is -0.354 e. The zero-order valence-electron chi connectivity index (χ0n) is 8.20. The zero-order chi connectivity index (χ0) is 10.4. The third-order valence-corrected chi connectivity index (χ3v) is 2.45. The van der Waals surface area contributed by atoms with Crippen molar-refractivity contribution in [3.05, 3.63) is 16.0 Å². The Balaban J connectivity index is 2.34. The molecule has 0 radical (unpaired) electrons. The fourth-order valence-corrected chi connectivity index (χ4v) is 1.33. The van der Waals surface area contributed by atoms with Crippen molar-refractivity contribution >= 4 is 28.5 Å². The average molecular weight is 306 g/mol. The number of nitrogens with two attached hydrogens (primary N) is 1. The van der Waals surface area contributed by atoms with Crippen LogP contribution in [0.5, 0.6) is 0 Å². The average Bonchev–Trinajstić information content (AvgIpc) is 2.17. The van der Waals surface area contributed by atoms with E-state index >= 15 is 0 Å². The van der Waals surface area contributed by atoms with Crippen molar-refractivity contribution in [2.24, 2.45) is 11.7 Å². The Morgan fingerprint density at radius 3 is 2.71 bits per heavy atom. The molecule has 0 aromatic carbocycles. The van der Waals surface area contributed by atoms with Gasteiger partial charge in [0.15, 0.2) is 0 Å². The molecule has 0 spiro atoms. The summed E-state index contributed by atoms with van der Waals surface area (Å²) >= 11 is 2.18. The summed E-state index contributed by atoms with van der Waals surface area (Å²) in [6.45, 7) is 3.76. The van der Waals surface area contributed by atoms with Crippen LogP contribution in [0.25, 0.3) is 0 Å². The standard InChI is InChI=1S/C9H15IN4/c1-7(2-3-11)4-12-9-13-5-8(10)6-14-9/h5-7H,2-4,11H2,1H3,(H,12,13,14). The predicted octanol–water partition coefficient (Wildman–Crippen LogP) is 1.48. The van der Waals surface area contributed by atoms with Crippen LogP contribution in [-0.2, 0) is 0 Å². The second-order valence-corrected chi connectivity index (χ2v) is 4.53. The summed E-state index contributed by atoms with van der Waals surface area (Å²) in [6.07, 6.45) is 4.62. The summed E-state index contributed by atoms with van der Waals surface area (Å²) in [5.74, 6) is 1.25. The zero-order valence-corrected chi connectivity index (χ0v) is 10.4. The lowest BCUT2D eigenvalue weighted by molar-refractivity contribution is 0.566. The molecule has 1 unspecified atom stereocenters. The number of hydrogen-bond donors (Lipinski definition) is 2. The van der Waals surface area contributed by atoms with Gasteiger partial charge in [0, 0.05) is 22.5 Å². The highest BCUT2D eigenvalue weighted by Gasteiger charge is 2.01. The maximum atomic E-state index is 5.46. The maximum Gasteiger partial charge on any atom is 0.222 e. The molecule has 1 atom stereocenters. The lowest BCUT2D eigenvalue weighted by atomic mass is 10.1. The van der Waals surface area contributed by atoms with Crippen molar-refractivity contribution in [1.29, 1.82) is 0 Å². The Kier molecular flexibility index (Phi) is 5.10. The molecule has 0 aliphatic carbocycles. The molecule has 0 aliphatic rings. The van der Waals surface area contributed by atoms with Crippen LogP contribution >= 0.6 is 22.6 Å². The highest BCUT2D eigenvalue weighted by molar-refractivity contribution is 14.1. The number of anilines is 1. The molecule has 0 bridgehead atoms. The Hall–Kier alpha value is -0.430. The minimum absolute atomic E-state index is 0.558. The van der Waals surface area contributed by atoms with Gasteiger partial charge in [0.05, 0.1) is 0 Å². The number of aromatic nitrogens is 2. The number of rotatable bonds is 5. The smallest absolute Gasteiger partial charge is 0.222 e. The molecule has 0 saturated heterocycles. The summed E-state index contributed by atoms with van der Waals surface area (Å²) < 4.78 is 1.04. The van der Waals surface area contributed by atoms with E-state index in [2.05, 4.69) is 44.8 Å². The Bertz CT molecular complexity index is 262. The molecule has 1 heterocycles. The summed E-state index contributed by atoms with van der Waals surface area (Å²) in [5.41, 5.74) is 5.46. The van der Waals surface area contributed by atoms with E-state index in [-0.39, 0.29) is 0 Å². The fraction of sp³-hybridized carbons (Fsp3) is 0.556. The molecule has 14 heavy (non-hydrogen) atoms. The van der Waals surface area contributed by atoms with Crippen LogP contribution in [0, 0.1) is 9.49 Å². The van der Waals surface area contributed by atoms with Crippen molar-refractivity contribution in [2.75, 3.05) is 18.4 Å². The molecule has 5 heteroatoms. The molecular weight excluding hydrogens is 291 g/mol. The first kappa shape index (κ1) is 11.6. The number of hydrogen-bond acceptors (Lipinski definition) is 4. The lowest BCUT2D eigenvalue weighted by Crippen LogP contribution is -2.16. The molecule has 1 aromatic heterocycles. The van der Waals surface area contributed by atoms with E-state index in [9.17, 15) is 0 Å². The second kappa shape index (κ2) is 6.13. The first-order valence-corrected chi connectivity index (χ1v) is 5.71. The van der Waals surface area contributed by atoms with Gasteiger partial charge in [-0.3, -0.25) is 0 Å². The van der Waals surface area contributed by atoms with Crippen molar-refractivity contribution in [3.63, 3.8) is 0 Å². The summed E-state index contributed by atoms with van der Waals surface area (Å²) in [7, 11) is 0. The van der Waals surface area contributed by atoms with Gasteiger partial charge in [-0.1, -0.05) is 6.92 Å². The van der Waals surface area contributed by atoms with Gasteiger partial charge in [-0.25, -0.2) is 9.97 Å². The van der Waals surface area contributed by atoms with Crippen LogP contribution in [0.1, 0.15) is 13.3 Å². The Morgan fingerprint density at radius 2 is 2.14 bits per heavy atom. The molecule has 3 N–H and O–H groups in total. The van der Waals surface area contributed by atoms with Gasteiger partial charge >= 0.3 is 0 Å². The third-order valence-electron chi connectivity index (χ3n) is 1.89. The second-order valence-electron chi connectivity index (χ2n) is 3.29. The summed E-state index contributed by atoms with van der Waals surface area (Å²) in [5, 5.41) is 3.18. The monoisotopic (exact) mass is 306 g/mol. The topological polar surface area (TPSA) is 63.8 Å². The lowest BCUT2D eigenvalue weighted by Gasteiger charge is -2.10. The normalized spacial score (nSPS) is 12.5. The first-order valence-electron chi connectivity index (χ1n) is 4.64. The van der Waals surface area contributed by atoms with E-state index < -0.39 is 0 Å². The molecule has 78 valence electrons. The van der Waals surface area contributed by atoms with E-state index in [0.717, 1.165) is 23.1 Å². The van der Waals surface area contributed by atoms with Crippen molar-refractivity contribution in [3.8, 4) is 0 Å². The van der Waals surface area contributed by atoms with Gasteiger partial charge in [0.2, 0.25) is 5.95 Å². The molecular formula is C9H15IN4. The molecule has 0 saturated carbocycles. The summed E-state index contributed by atoms with van der Waals surface area (Å²) in [6, 6.07) is 0. The number of nitrogens with zero attached hydrogens (tertiary/aromatic N) is 2. The molecule has 0 fully saturated rings. The molecule has 1 aromatic rings. The van der Waals surface area contributed by atoms with Crippen LogP contribution in [0.15, 0.2) is 12.4 Å². The van der Waals surface area contributed by atoms with Gasteiger partial charge in [-0.15, -0.1) is 0 Å². The highest BCUT2D eigenvalue weighted by atomic mass is 127. The quantitative estimate of drug-likeness (QED) is 0.809. The third kappa shape index (κ3) is 4.19. The van der Waals surface area contributed by atoms with Crippen LogP contribution in [-0.4, -0.2) is 23.1 Å². The van der Waals surface area contributed by atoms with E-state index in [1.165, 1.54) is 0 Å². The van der Waals surface area contributed by atoms with Crippen molar-refractivity contribution in [2.45, 2.75) is 13.3 Å². The Morgan fingerprint density at radius 1 is 1.50 bits per heavy atom. The van der Waals surface area contributed by atoms with Crippen molar-refractivity contribution < 1.29 is 0 Å². The predicted molar refractivity (Wildman–Crippen MR) is 66.1 cm³/mol. The molecule has 0 amide bonds. The van der Waals surface area contributed by atoms with E-state index in [4.69, 9.17) is 5.73 Å². The van der Waals surface area contributed by atoms with Crippen LogP contribution in [0.3, 0.4) is 0 Å². The molecule has 1 rings (SSSR count). The van der Waals surface area contributed by atoms with Gasteiger partial charge in [-0.2, -0.15) is 0 Å². The van der Waals surface area contributed by atoms with Gasteiger partial charge in [0.1, 0.15) is 0 Å². The number of halogens is 1. The summed E-state index contributed by atoms with van der Waals surface area (Å²) in [4.78, 5) is 8.30. The first-order chi connectivity index (χ1) is 6.72. The van der Waals surface area contributed by atoms with Crippen molar-refractivity contribution in [1.82, 2.24) is 9.97 Å².